The molecule has 0 aromatic heterocycles. The Labute approximate surface area is 165 Å². The Morgan fingerprint density at radius 2 is 1.53 bits per heavy atom. The van der Waals surface area contributed by atoms with Gasteiger partial charge in [-0.2, -0.15) is 30.2 Å². The molecule has 0 spiro atoms. The number of thioether (sulfide) groups is 1. The summed E-state index contributed by atoms with van der Waals surface area (Å²) < 4.78 is 47.9. The molecule has 0 atom stereocenters. The third-order valence-electron chi connectivity index (χ3n) is 1.23. The fraction of sp³-hybridized carbons (Fsp3) is 0.444. The third kappa shape index (κ3) is 25.1. The molecule has 0 fully saturated rings. The van der Waals surface area contributed by atoms with Gasteiger partial charge in [0.1, 0.15) is 0 Å². The van der Waals surface area contributed by atoms with E-state index in [9.17, 15) is 17.6 Å². The third-order valence-corrected chi connectivity index (χ3v) is 2.75. The molecule has 0 aliphatic rings. The Kier molecular flexibility index (Phi) is 38.0. The second kappa shape index (κ2) is 22.1. The molecule has 0 aromatic rings. The second-order valence-electron chi connectivity index (χ2n) is 2.61. The van der Waals surface area contributed by atoms with Crippen molar-refractivity contribution in [1.82, 2.24) is 0 Å². The molecular weight excluding hydrogens is 498 g/mol. The fourth-order valence-electron chi connectivity index (χ4n) is 0.252. The molecule has 0 unspecified atom stereocenters. The van der Waals surface area contributed by atoms with Gasteiger partial charge < -0.3 is 30.1 Å². The van der Waals surface area contributed by atoms with E-state index in [0.717, 1.165) is 11.8 Å². The minimum Gasteiger partial charge on any atom is -1.00 e. The molecule has 19 heavy (non-hydrogen) atoms. The SMILES string of the molecule is CC(CS)=C(F)F.CC(CS[C-]=S)=C(F)F.[AlH3].[H-].[Li+].[W]. The van der Waals surface area contributed by atoms with Crippen LogP contribution in [0.15, 0.2) is 23.3 Å². The molecule has 0 aliphatic carbocycles. The molecular formula is C9H15AlF4LiS3W-. The number of hydrogen-bond acceptors (Lipinski definition) is 3. The van der Waals surface area contributed by atoms with Crippen LogP contribution in [0.1, 0.15) is 15.3 Å². The molecule has 10 heteroatoms. The van der Waals surface area contributed by atoms with Gasteiger partial charge in [-0.25, -0.2) is 0 Å². The minimum atomic E-state index is -1.62. The van der Waals surface area contributed by atoms with Crippen molar-refractivity contribution < 1.29 is 58.9 Å². The standard InChI is InChI=1S/C5H5F2S2.C4H6F2S.Al.Li.W.4H/c1-4(5(6)7)2-9-3-8;1-3(2-7)4(5)6;;;;;;;/h2H2,1H3;7H,2H2,1H3;;;;;;;/q-1;;;+1;;;;;-1. The summed E-state index contributed by atoms with van der Waals surface area (Å²) >= 11 is 8.99. The monoisotopic (exact) mass is 513 g/mol. The van der Waals surface area contributed by atoms with Crippen molar-refractivity contribution in [3.63, 3.8) is 0 Å². The predicted molar refractivity (Wildman–Crippen MR) is 79.8 cm³/mol. The fourth-order valence-corrected chi connectivity index (χ4v) is 0.933. The van der Waals surface area contributed by atoms with Crippen molar-refractivity contribution in [2.24, 2.45) is 0 Å². The van der Waals surface area contributed by atoms with Gasteiger partial charge in [-0.1, -0.05) is 0 Å². The van der Waals surface area contributed by atoms with E-state index < -0.39 is 12.2 Å². The number of hydrogen-bond donors (Lipinski definition) is 1. The van der Waals surface area contributed by atoms with Crippen LogP contribution in [0.4, 0.5) is 17.6 Å². The Balaban J connectivity index is -0.0000000416. The van der Waals surface area contributed by atoms with E-state index in [4.69, 9.17) is 0 Å². The second-order valence-corrected chi connectivity index (χ2v) is 4.17. The first-order valence-corrected chi connectivity index (χ1v) is 6.00. The van der Waals surface area contributed by atoms with Crippen molar-refractivity contribution in [1.29, 1.82) is 0 Å². The molecule has 0 amide bonds. The average molecular weight is 513 g/mol. The maximum atomic E-state index is 11.6. The van der Waals surface area contributed by atoms with Crippen LogP contribution in [-0.4, -0.2) is 33.6 Å². The van der Waals surface area contributed by atoms with Gasteiger partial charge in [0.15, 0.2) is 17.4 Å². The summed E-state index contributed by atoms with van der Waals surface area (Å²) in [7, 11) is 0. The van der Waals surface area contributed by atoms with Crippen molar-refractivity contribution in [3.05, 3.63) is 23.3 Å². The molecule has 0 saturated heterocycles. The van der Waals surface area contributed by atoms with Crippen LogP contribution in [0, 0.1) is 0 Å². The zero-order chi connectivity index (χ0) is 13.1. The summed E-state index contributed by atoms with van der Waals surface area (Å²) in [5.74, 6) is 0.383. The van der Waals surface area contributed by atoms with Crippen LogP contribution in [-0.2, 0) is 21.1 Å². The van der Waals surface area contributed by atoms with Gasteiger partial charge in [-0.05, 0) is 25.2 Å². The zero-order valence-corrected chi connectivity index (χ0v) is 15.6. The van der Waals surface area contributed by atoms with Crippen LogP contribution in [0.25, 0.3) is 0 Å². The first kappa shape index (κ1) is 32.7. The maximum absolute atomic E-state index is 11.6. The molecule has 0 N–H and O–H groups in total. The van der Waals surface area contributed by atoms with E-state index in [1.165, 1.54) is 13.8 Å². The average Bonchev–Trinajstić information content (AvgIpc) is 2.25. The van der Waals surface area contributed by atoms with Crippen LogP contribution in [0.5, 0.6) is 0 Å². The summed E-state index contributed by atoms with van der Waals surface area (Å²) in [6.07, 6.45) is -3.23. The zero-order valence-electron chi connectivity index (χ0n) is 11.1. The van der Waals surface area contributed by atoms with E-state index in [1.54, 1.807) is 0 Å². The van der Waals surface area contributed by atoms with E-state index in [-0.39, 0.29) is 81.4 Å². The van der Waals surface area contributed by atoms with Crippen molar-refractivity contribution >= 4 is 58.7 Å². The Hall–Kier alpha value is 1.81. The van der Waals surface area contributed by atoms with Crippen LogP contribution < -0.4 is 18.9 Å². The largest absolute Gasteiger partial charge is 1.00 e. The quantitative estimate of drug-likeness (QED) is 0.194. The number of halogens is 4. The Morgan fingerprint density at radius 1 is 1.16 bits per heavy atom. The number of thiol groups is 1. The van der Waals surface area contributed by atoms with Crippen LogP contribution >= 0.6 is 36.6 Å². The van der Waals surface area contributed by atoms with Crippen molar-refractivity contribution in [2.75, 3.05) is 11.5 Å². The number of rotatable bonds is 4. The van der Waals surface area contributed by atoms with Gasteiger partial charge in [0, 0.05) is 32.4 Å². The van der Waals surface area contributed by atoms with Gasteiger partial charge in [0.05, 0.1) is 0 Å². The molecule has 0 heterocycles. The molecule has 0 bridgehead atoms. The summed E-state index contributed by atoms with van der Waals surface area (Å²) in [4.78, 5) is 0. The topological polar surface area (TPSA) is 0 Å². The van der Waals surface area contributed by atoms with Crippen molar-refractivity contribution in [2.45, 2.75) is 13.8 Å². The molecule has 0 nitrogen and oxygen atoms in total. The molecule has 108 valence electrons. The van der Waals surface area contributed by atoms with Gasteiger partial charge in [0.2, 0.25) is 0 Å². The molecule has 0 radical (unpaired) electrons. The predicted octanol–water partition coefficient (Wildman–Crippen LogP) is 0.741. The summed E-state index contributed by atoms with van der Waals surface area (Å²) in [6, 6.07) is 0. The summed E-state index contributed by atoms with van der Waals surface area (Å²) in [5, 5.41) is 0. The van der Waals surface area contributed by atoms with Gasteiger partial charge in [-0.3, -0.25) is 0 Å². The van der Waals surface area contributed by atoms with E-state index in [0.29, 0.717) is 0 Å². The first-order chi connectivity index (χ1) is 7.36. The molecule has 0 aromatic carbocycles. The van der Waals surface area contributed by atoms with Crippen LogP contribution in [0.3, 0.4) is 0 Å². The molecule has 0 saturated carbocycles. The van der Waals surface area contributed by atoms with E-state index in [2.05, 4.69) is 29.5 Å². The smallest absolute Gasteiger partial charge is 1.00 e. The van der Waals surface area contributed by atoms with Gasteiger partial charge in [-0.15, -0.1) is 0 Å². The normalized spacial score (nSPS) is 7.32. The number of thiocarbonyl (C=S) groups is 1. The molecule has 0 rings (SSSR count). The van der Waals surface area contributed by atoms with Crippen LogP contribution in [0.2, 0.25) is 0 Å². The maximum Gasteiger partial charge on any atom is 1.00 e. The summed E-state index contributed by atoms with van der Waals surface area (Å²) in [6.45, 7) is 2.72. The first-order valence-electron chi connectivity index (χ1n) is 3.98. The van der Waals surface area contributed by atoms with E-state index >= 15 is 0 Å². The Morgan fingerprint density at radius 3 is 1.68 bits per heavy atom. The summed E-state index contributed by atoms with van der Waals surface area (Å²) in [5.41, 5.74) is 0.112. The minimum absolute atomic E-state index is 0. The Bertz CT molecular complexity index is 288. The van der Waals surface area contributed by atoms with Gasteiger partial charge in [0.25, 0.3) is 12.2 Å². The van der Waals surface area contributed by atoms with Crippen molar-refractivity contribution in [3.8, 4) is 0 Å². The van der Waals surface area contributed by atoms with Gasteiger partial charge >= 0.3 is 18.9 Å². The molecule has 0 aliphatic heterocycles. The van der Waals surface area contributed by atoms with E-state index in [1.807, 2.05) is 0 Å².